The lowest BCUT2D eigenvalue weighted by molar-refractivity contribution is -0.125. The molecule has 1 amide bonds. The van der Waals surface area contributed by atoms with Crippen LogP contribution in [-0.2, 0) is 11.3 Å². The van der Waals surface area contributed by atoms with E-state index in [9.17, 15) is 4.79 Å². The lowest BCUT2D eigenvalue weighted by Gasteiger charge is -2.32. The Hall–Kier alpha value is -2.19. The van der Waals surface area contributed by atoms with Gasteiger partial charge < -0.3 is 10.2 Å². The Balaban J connectivity index is 1.32. The summed E-state index contributed by atoms with van der Waals surface area (Å²) in [5.41, 5.74) is 1.64. The first-order chi connectivity index (χ1) is 13.1. The van der Waals surface area contributed by atoms with E-state index in [-0.39, 0.29) is 11.8 Å². The maximum absolute atomic E-state index is 12.5. The molecule has 3 heterocycles. The second-order valence-corrected chi connectivity index (χ2v) is 7.86. The fraction of sp³-hybridized carbons (Fsp3) is 0.333. The third-order valence-electron chi connectivity index (χ3n) is 4.81. The van der Waals surface area contributed by atoms with Crippen LogP contribution in [0.15, 0.2) is 41.1 Å². The minimum Gasteiger partial charge on any atom is -0.355 e. The summed E-state index contributed by atoms with van der Waals surface area (Å²) in [7, 11) is 0. The van der Waals surface area contributed by atoms with Crippen LogP contribution >= 0.6 is 27.5 Å². The third kappa shape index (κ3) is 4.06. The number of carbonyl (C=O) groups is 1. The van der Waals surface area contributed by atoms with Gasteiger partial charge in [0.2, 0.25) is 5.91 Å². The molecule has 0 spiro atoms. The fourth-order valence-corrected chi connectivity index (χ4v) is 3.99. The van der Waals surface area contributed by atoms with Crippen molar-refractivity contribution >= 4 is 44.9 Å². The highest BCUT2D eigenvalue weighted by atomic mass is 79.9. The number of fused-ring (bicyclic) bond motifs is 1. The second-order valence-electron chi connectivity index (χ2n) is 6.54. The summed E-state index contributed by atoms with van der Waals surface area (Å²) in [4.78, 5) is 14.7. The van der Waals surface area contributed by atoms with E-state index in [1.54, 1.807) is 10.8 Å². The number of hydrogen-bond acceptors (Lipinski definition) is 5. The molecule has 1 aliphatic heterocycles. The number of benzene rings is 1. The van der Waals surface area contributed by atoms with Crippen LogP contribution in [0.3, 0.4) is 0 Å². The minimum absolute atomic E-state index is 0.00844. The van der Waals surface area contributed by atoms with Crippen molar-refractivity contribution in [2.75, 3.05) is 18.0 Å². The predicted molar refractivity (Wildman–Crippen MR) is 107 cm³/mol. The van der Waals surface area contributed by atoms with Crippen molar-refractivity contribution in [3.05, 3.63) is 51.7 Å². The van der Waals surface area contributed by atoms with Crippen LogP contribution in [0, 0.1) is 5.92 Å². The van der Waals surface area contributed by atoms with Crippen LogP contribution < -0.4 is 10.2 Å². The first-order valence-electron chi connectivity index (χ1n) is 8.74. The lowest BCUT2D eigenvalue weighted by Crippen LogP contribution is -2.40. The summed E-state index contributed by atoms with van der Waals surface area (Å²) < 4.78 is 2.59. The molecule has 27 heavy (non-hydrogen) atoms. The Morgan fingerprint density at radius 2 is 2.07 bits per heavy atom. The van der Waals surface area contributed by atoms with Gasteiger partial charge in [0.25, 0.3) is 0 Å². The van der Waals surface area contributed by atoms with Gasteiger partial charge >= 0.3 is 0 Å². The molecule has 9 heteroatoms. The van der Waals surface area contributed by atoms with Crippen LogP contribution in [0.5, 0.6) is 0 Å². The van der Waals surface area contributed by atoms with Crippen LogP contribution in [0.2, 0.25) is 5.02 Å². The van der Waals surface area contributed by atoms with Crippen LogP contribution in [0.1, 0.15) is 18.4 Å². The van der Waals surface area contributed by atoms with Gasteiger partial charge in [-0.05, 0) is 42.7 Å². The molecule has 0 radical (unpaired) electrons. The van der Waals surface area contributed by atoms with Crippen LogP contribution in [-0.4, -0.2) is 38.8 Å². The molecular formula is C18H18BrClN6O. The third-order valence-corrected chi connectivity index (χ3v) is 5.65. The average molecular weight is 450 g/mol. The number of nitrogens with one attached hydrogen (secondary N) is 1. The summed E-state index contributed by atoms with van der Waals surface area (Å²) >= 11 is 9.60. The van der Waals surface area contributed by atoms with Gasteiger partial charge in [0, 0.05) is 35.0 Å². The normalized spacial score (nSPS) is 15.3. The number of amides is 1. The zero-order chi connectivity index (χ0) is 18.8. The molecule has 0 aliphatic carbocycles. The molecule has 1 fully saturated rings. The van der Waals surface area contributed by atoms with E-state index in [1.165, 1.54) is 0 Å². The summed E-state index contributed by atoms with van der Waals surface area (Å²) in [6, 6.07) is 9.52. The molecule has 1 aliphatic rings. The summed E-state index contributed by atoms with van der Waals surface area (Å²) in [5.74, 6) is 0.966. The quantitative estimate of drug-likeness (QED) is 0.662. The molecule has 140 valence electrons. The van der Waals surface area contributed by atoms with Crippen molar-refractivity contribution in [2.24, 2.45) is 5.92 Å². The van der Waals surface area contributed by atoms with Crippen molar-refractivity contribution in [2.45, 2.75) is 19.4 Å². The molecule has 0 unspecified atom stereocenters. The molecule has 0 bridgehead atoms. The maximum Gasteiger partial charge on any atom is 0.223 e. The van der Waals surface area contributed by atoms with Gasteiger partial charge in [0.1, 0.15) is 12.1 Å². The Labute approximate surface area is 169 Å². The molecule has 7 nitrogen and oxygen atoms in total. The van der Waals surface area contributed by atoms with E-state index in [0.29, 0.717) is 11.6 Å². The summed E-state index contributed by atoms with van der Waals surface area (Å²) in [6.45, 7) is 2.02. The number of carbonyl (C=O) groups excluding carboxylic acids is 1. The van der Waals surface area contributed by atoms with E-state index in [0.717, 1.165) is 47.4 Å². The van der Waals surface area contributed by atoms with Crippen molar-refractivity contribution in [3.63, 3.8) is 0 Å². The van der Waals surface area contributed by atoms with Crippen LogP contribution in [0.25, 0.3) is 5.65 Å². The smallest absolute Gasteiger partial charge is 0.223 e. The molecule has 0 saturated carbocycles. The highest BCUT2D eigenvalue weighted by molar-refractivity contribution is 9.10. The topological polar surface area (TPSA) is 75.4 Å². The largest absolute Gasteiger partial charge is 0.355 e. The van der Waals surface area contributed by atoms with Crippen LogP contribution in [0.4, 0.5) is 5.82 Å². The van der Waals surface area contributed by atoms with E-state index in [2.05, 4.69) is 41.4 Å². The van der Waals surface area contributed by atoms with Gasteiger partial charge in [-0.2, -0.15) is 4.52 Å². The van der Waals surface area contributed by atoms with Crippen molar-refractivity contribution in [1.29, 1.82) is 0 Å². The lowest BCUT2D eigenvalue weighted by atomic mass is 9.96. The number of halogens is 2. The van der Waals surface area contributed by atoms with E-state index in [4.69, 9.17) is 11.6 Å². The van der Waals surface area contributed by atoms with Gasteiger partial charge in [-0.25, -0.2) is 0 Å². The van der Waals surface area contributed by atoms with Gasteiger partial charge in [0.05, 0.1) is 0 Å². The Morgan fingerprint density at radius 3 is 2.85 bits per heavy atom. The highest BCUT2D eigenvalue weighted by Crippen LogP contribution is 2.24. The molecule has 0 atom stereocenters. The van der Waals surface area contributed by atoms with Gasteiger partial charge in [-0.1, -0.05) is 33.6 Å². The minimum atomic E-state index is 0.00844. The molecular weight excluding hydrogens is 432 g/mol. The first kappa shape index (κ1) is 18.2. The van der Waals surface area contributed by atoms with E-state index >= 15 is 0 Å². The van der Waals surface area contributed by atoms with Crippen molar-refractivity contribution in [1.82, 2.24) is 25.1 Å². The van der Waals surface area contributed by atoms with E-state index in [1.807, 2.05) is 30.3 Å². The van der Waals surface area contributed by atoms with Crippen molar-refractivity contribution in [3.8, 4) is 0 Å². The monoisotopic (exact) mass is 448 g/mol. The fourth-order valence-electron chi connectivity index (χ4n) is 3.25. The number of aromatic nitrogens is 4. The Kier molecular flexibility index (Phi) is 5.27. The number of hydrogen-bond donors (Lipinski definition) is 1. The zero-order valence-corrected chi connectivity index (χ0v) is 16.8. The Bertz CT molecular complexity index is 969. The molecule has 1 aromatic carbocycles. The molecule has 1 saturated heterocycles. The van der Waals surface area contributed by atoms with Crippen molar-refractivity contribution < 1.29 is 4.79 Å². The molecule has 4 rings (SSSR count). The van der Waals surface area contributed by atoms with Gasteiger partial charge in [-0.3, -0.25) is 4.79 Å². The highest BCUT2D eigenvalue weighted by Gasteiger charge is 2.25. The number of anilines is 1. The SMILES string of the molecule is O=C(NCc1ccc(Br)cc1Cl)C1CCN(c2ccc3nncn3n2)CC1. The van der Waals surface area contributed by atoms with Gasteiger partial charge in [0.15, 0.2) is 5.65 Å². The number of nitrogens with zero attached hydrogens (tertiary/aromatic N) is 5. The average Bonchev–Trinajstić information content (AvgIpc) is 3.15. The molecule has 1 N–H and O–H groups in total. The Morgan fingerprint density at radius 1 is 1.26 bits per heavy atom. The maximum atomic E-state index is 12.5. The predicted octanol–water partition coefficient (Wildman–Crippen LogP) is 3.07. The standard InChI is InChI=1S/C18H18BrClN6O/c19-14-2-1-13(15(20)9-14)10-21-18(27)12-5-7-25(8-6-12)17-4-3-16-23-22-11-26(16)24-17/h1-4,9,11-12H,5-8,10H2,(H,21,27). The zero-order valence-electron chi connectivity index (χ0n) is 14.5. The van der Waals surface area contributed by atoms with Gasteiger partial charge in [-0.15, -0.1) is 15.3 Å². The summed E-state index contributed by atoms with van der Waals surface area (Å²) in [6.07, 6.45) is 3.18. The molecule has 2 aromatic heterocycles. The van der Waals surface area contributed by atoms with E-state index < -0.39 is 0 Å². The molecule has 3 aromatic rings. The number of rotatable bonds is 4. The number of piperidine rings is 1. The second kappa shape index (κ2) is 7.82. The first-order valence-corrected chi connectivity index (χ1v) is 9.91. The summed E-state index contributed by atoms with van der Waals surface area (Å²) in [5, 5.41) is 16.0.